The summed E-state index contributed by atoms with van der Waals surface area (Å²) in [5.74, 6) is 2.90. The molecule has 1 saturated heterocycles. The van der Waals surface area contributed by atoms with Gasteiger partial charge < -0.3 is 10.1 Å². The van der Waals surface area contributed by atoms with Gasteiger partial charge in [0.1, 0.15) is 0 Å². The molecule has 0 amide bonds. The van der Waals surface area contributed by atoms with E-state index in [1.807, 2.05) is 0 Å². The van der Waals surface area contributed by atoms with E-state index in [4.69, 9.17) is 4.74 Å². The maximum Gasteiger partial charge on any atom is 0.0579 e. The van der Waals surface area contributed by atoms with Gasteiger partial charge in [-0.05, 0) is 69.1 Å². The van der Waals surface area contributed by atoms with Gasteiger partial charge in [0.15, 0.2) is 0 Å². The lowest BCUT2D eigenvalue weighted by Gasteiger charge is -2.46. The van der Waals surface area contributed by atoms with Crippen molar-refractivity contribution >= 4 is 0 Å². The molecular weight excluding hydrogens is 378 g/mol. The van der Waals surface area contributed by atoms with Gasteiger partial charge in [-0.15, -0.1) is 0 Å². The predicted molar refractivity (Wildman–Crippen MR) is 135 cm³/mol. The molecule has 2 saturated carbocycles. The average Bonchev–Trinajstić information content (AvgIpc) is 2.81. The summed E-state index contributed by atoms with van der Waals surface area (Å²) in [4.78, 5) is 0. The van der Waals surface area contributed by atoms with E-state index >= 15 is 0 Å². The van der Waals surface area contributed by atoms with E-state index in [-0.39, 0.29) is 0 Å². The maximum absolute atomic E-state index is 6.17. The monoisotopic (exact) mass is 433 g/mol. The quantitative estimate of drug-likeness (QED) is 0.277. The summed E-state index contributed by atoms with van der Waals surface area (Å²) < 4.78 is 6.17. The van der Waals surface area contributed by atoms with Crippen molar-refractivity contribution in [3.8, 4) is 0 Å². The van der Waals surface area contributed by atoms with Gasteiger partial charge in [-0.1, -0.05) is 90.9 Å². The molecule has 0 spiro atoms. The summed E-state index contributed by atoms with van der Waals surface area (Å²) in [6.07, 6.45) is 29.1. The van der Waals surface area contributed by atoms with Crippen LogP contribution in [0.3, 0.4) is 0 Å². The summed E-state index contributed by atoms with van der Waals surface area (Å²) in [7, 11) is 0. The Bertz CT molecular complexity index is 444. The minimum absolute atomic E-state index is 0.554. The second-order valence-electron chi connectivity index (χ2n) is 11.4. The van der Waals surface area contributed by atoms with E-state index in [0.717, 1.165) is 36.4 Å². The van der Waals surface area contributed by atoms with E-state index in [1.165, 1.54) is 128 Å². The average molecular weight is 434 g/mol. The van der Waals surface area contributed by atoms with Crippen LogP contribution in [0.25, 0.3) is 0 Å². The zero-order valence-corrected chi connectivity index (χ0v) is 21.2. The molecule has 0 bridgehead atoms. The molecule has 182 valence electrons. The van der Waals surface area contributed by atoms with Gasteiger partial charge in [0.25, 0.3) is 0 Å². The summed E-state index contributed by atoms with van der Waals surface area (Å²) in [6.45, 7) is 5.55. The Morgan fingerprint density at radius 2 is 1.23 bits per heavy atom. The molecule has 0 aromatic carbocycles. The number of hydrogen-bond donors (Lipinski definition) is 1. The molecule has 0 aromatic heterocycles. The lowest BCUT2D eigenvalue weighted by Crippen LogP contribution is -2.53. The molecular formula is C29H55NO. The molecule has 1 aliphatic heterocycles. The second kappa shape index (κ2) is 14.9. The van der Waals surface area contributed by atoms with Gasteiger partial charge in [0.2, 0.25) is 0 Å². The van der Waals surface area contributed by atoms with Crippen LogP contribution in [0, 0.1) is 17.8 Å². The van der Waals surface area contributed by atoms with Gasteiger partial charge in [-0.25, -0.2) is 0 Å². The lowest BCUT2D eigenvalue weighted by atomic mass is 9.71. The second-order valence-corrected chi connectivity index (χ2v) is 11.4. The Morgan fingerprint density at radius 3 is 1.97 bits per heavy atom. The third kappa shape index (κ3) is 9.00. The van der Waals surface area contributed by atoms with Crippen LogP contribution in [0.5, 0.6) is 0 Å². The van der Waals surface area contributed by atoms with Crippen LogP contribution in [0.4, 0.5) is 0 Å². The zero-order chi connectivity index (χ0) is 21.7. The SMILES string of the molecule is CCCCCCCCCCC1CCC(C2CCC3CC(OCCCC)CCC3N2)CC1. The maximum atomic E-state index is 6.17. The van der Waals surface area contributed by atoms with Crippen LogP contribution in [0.2, 0.25) is 0 Å². The summed E-state index contributed by atoms with van der Waals surface area (Å²) in [6, 6.07) is 1.61. The number of piperidine rings is 1. The first-order valence-electron chi connectivity index (χ1n) is 14.7. The third-order valence-corrected chi connectivity index (χ3v) is 8.99. The highest BCUT2D eigenvalue weighted by Crippen LogP contribution is 2.40. The fourth-order valence-electron chi connectivity index (χ4n) is 6.88. The van der Waals surface area contributed by atoms with E-state index in [2.05, 4.69) is 19.2 Å². The molecule has 3 aliphatic rings. The Morgan fingerprint density at radius 1 is 0.613 bits per heavy atom. The Kier molecular flexibility index (Phi) is 12.3. The molecule has 4 atom stereocenters. The zero-order valence-electron chi connectivity index (χ0n) is 21.2. The first-order chi connectivity index (χ1) is 15.3. The number of fused-ring (bicyclic) bond motifs is 1. The highest BCUT2D eigenvalue weighted by molar-refractivity contribution is 4.95. The number of nitrogens with one attached hydrogen (secondary N) is 1. The molecule has 1 N–H and O–H groups in total. The first-order valence-corrected chi connectivity index (χ1v) is 14.7. The minimum atomic E-state index is 0.554. The molecule has 1 heterocycles. The van der Waals surface area contributed by atoms with Crippen molar-refractivity contribution in [3.05, 3.63) is 0 Å². The van der Waals surface area contributed by atoms with Crippen LogP contribution in [0.1, 0.15) is 142 Å². The lowest BCUT2D eigenvalue weighted by molar-refractivity contribution is -0.0112. The molecule has 31 heavy (non-hydrogen) atoms. The van der Waals surface area contributed by atoms with Gasteiger partial charge in [-0.2, -0.15) is 0 Å². The van der Waals surface area contributed by atoms with Crippen LogP contribution < -0.4 is 5.32 Å². The molecule has 2 heteroatoms. The third-order valence-electron chi connectivity index (χ3n) is 8.99. The largest absolute Gasteiger partial charge is 0.378 e. The van der Waals surface area contributed by atoms with Crippen molar-refractivity contribution in [2.24, 2.45) is 17.8 Å². The van der Waals surface area contributed by atoms with Crippen molar-refractivity contribution in [2.75, 3.05) is 6.61 Å². The van der Waals surface area contributed by atoms with E-state index in [1.54, 1.807) is 0 Å². The van der Waals surface area contributed by atoms with E-state index < -0.39 is 0 Å². The number of rotatable bonds is 14. The topological polar surface area (TPSA) is 21.3 Å². The van der Waals surface area contributed by atoms with Crippen molar-refractivity contribution in [1.29, 1.82) is 0 Å². The highest BCUT2D eigenvalue weighted by Gasteiger charge is 2.38. The normalized spacial score (nSPS) is 33.9. The smallest absolute Gasteiger partial charge is 0.0579 e. The molecule has 0 aromatic rings. The van der Waals surface area contributed by atoms with Crippen LogP contribution in [0.15, 0.2) is 0 Å². The minimum Gasteiger partial charge on any atom is -0.378 e. The Hall–Kier alpha value is -0.0800. The van der Waals surface area contributed by atoms with Crippen molar-refractivity contribution < 1.29 is 4.74 Å². The molecule has 4 unspecified atom stereocenters. The summed E-state index contributed by atoms with van der Waals surface area (Å²) in [5.41, 5.74) is 0. The molecule has 2 nitrogen and oxygen atoms in total. The van der Waals surface area contributed by atoms with Crippen molar-refractivity contribution in [2.45, 2.75) is 160 Å². The first kappa shape index (κ1) is 25.5. The molecule has 3 fully saturated rings. The van der Waals surface area contributed by atoms with Gasteiger partial charge in [0, 0.05) is 18.7 Å². The number of unbranched alkanes of at least 4 members (excludes halogenated alkanes) is 8. The van der Waals surface area contributed by atoms with E-state index in [0.29, 0.717) is 6.10 Å². The van der Waals surface area contributed by atoms with Gasteiger partial charge >= 0.3 is 0 Å². The Labute approximate surface area is 195 Å². The fourth-order valence-corrected chi connectivity index (χ4v) is 6.88. The summed E-state index contributed by atoms with van der Waals surface area (Å²) >= 11 is 0. The van der Waals surface area contributed by atoms with Crippen LogP contribution >= 0.6 is 0 Å². The standard InChI is InChI=1S/C29H55NO/c1-3-5-7-8-9-10-11-12-13-24-14-16-25(17-15-24)28-20-18-26-23-27(31-22-6-4-2)19-21-29(26)30-28/h24-30H,3-23H2,1-2H3. The fraction of sp³-hybridized carbons (Fsp3) is 1.00. The number of ether oxygens (including phenoxy) is 1. The Balaban J connectivity index is 1.24. The number of hydrogen-bond acceptors (Lipinski definition) is 2. The van der Waals surface area contributed by atoms with E-state index in [9.17, 15) is 0 Å². The van der Waals surface area contributed by atoms with Gasteiger partial charge in [0.05, 0.1) is 6.10 Å². The molecule has 0 radical (unpaired) electrons. The summed E-state index contributed by atoms with van der Waals surface area (Å²) in [5, 5.41) is 4.15. The van der Waals surface area contributed by atoms with Crippen LogP contribution in [-0.2, 0) is 4.74 Å². The van der Waals surface area contributed by atoms with Gasteiger partial charge in [-0.3, -0.25) is 0 Å². The van der Waals surface area contributed by atoms with Crippen LogP contribution in [-0.4, -0.2) is 24.8 Å². The predicted octanol–water partition coefficient (Wildman–Crippen LogP) is 8.43. The van der Waals surface area contributed by atoms with Crippen molar-refractivity contribution in [3.63, 3.8) is 0 Å². The molecule has 3 rings (SSSR count). The highest BCUT2D eigenvalue weighted by atomic mass is 16.5. The molecule has 2 aliphatic carbocycles. The van der Waals surface area contributed by atoms with Crippen molar-refractivity contribution in [1.82, 2.24) is 5.32 Å².